The van der Waals surface area contributed by atoms with Crippen LogP contribution >= 0.6 is 0 Å². The van der Waals surface area contributed by atoms with E-state index in [4.69, 9.17) is 9.84 Å². The fourth-order valence-electron chi connectivity index (χ4n) is 2.58. The van der Waals surface area contributed by atoms with E-state index in [1.807, 2.05) is 9.58 Å². The molecule has 0 aromatic carbocycles. The van der Waals surface area contributed by atoms with Gasteiger partial charge in [0.1, 0.15) is 24.1 Å². The van der Waals surface area contributed by atoms with Gasteiger partial charge in [0.05, 0.1) is 31.9 Å². The third kappa shape index (κ3) is 4.41. The number of nitrogens with one attached hydrogen (secondary N) is 1. The number of carboxylic acid groups (broad SMARTS) is 1. The van der Waals surface area contributed by atoms with Crippen molar-refractivity contribution in [2.75, 3.05) is 18.1 Å². The second-order valence-electron chi connectivity index (χ2n) is 5.79. The first-order chi connectivity index (χ1) is 12.0. The summed E-state index contributed by atoms with van der Waals surface area (Å²) in [5.41, 5.74) is 0. The lowest BCUT2D eigenvalue weighted by Crippen LogP contribution is -2.34. The van der Waals surface area contributed by atoms with Crippen LogP contribution in [0.4, 0.5) is 15.0 Å². The topological polar surface area (TPSA) is 105 Å². The van der Waals surface area contributed by atoms with Crippen molar-refractivity contribution in [1.82, 2.24) is 25.1 Å². The van der Waals surface area contributed by atoms with Gasteiger partial charge in [-0.15, -0.1) is 0 Å². The number of amides is 1. The SMILES string of the molecule is CC(COCc1nc2n(n1)CCN(c1ccc(F)cn1)C2)NC(=O)O. The molecule has 3 heterocycles. The Morgan fingerprint density at radius 2 is 2.32 bits per heavy atom. The Balaban J connectivity index is 1.55. The summed E-state index contributed by atoms with van der Waals surface area (Å²) in [6, 6.07) is 2.71. The van der Waals surface area contributed by atoms with Crippen LogP contribution in [0.5, 0.6) is 0 Å². The van der Waals surface area contributed by atoms with Crippen molar-refractivity contribution < 1.29 is 19.0 Å². The first-order valence-electron chi connectivity index (χ1n) is 7.87. The van der Waals surface area contributed by atoms with Crippen molar-refractivity contribution in [3.8, 4) is 0 Å². The number of aromatic nitrogens is 4. The number of anilines is 1. The normalized spacial score (nSPS) is 14.9. The molecule has 9 nitrogen and oxygen atoms in total. The van der Waals surface area contributed by atoms with Crippen molar-refractivity contribution in [2.24, 2.45) is 0 Å². The minimum Gasteiger partial charge on any atom is -0.465 e. The molecule has 0 saturated heterocycles. The quantitative estimate of drug-likeness (QED) is 0.801. The van der Waals surface area contributed by atoms with Crippen LogP contribution < -0.4 is 10.2 Å². The Labute approximate surface area is 143 Å². The molecule has 2 aromatic rings. The highest BCUT2D eigenvalue weighted by atomic mass is 19.1. The van der Waals surface area contributed by atoms with E-state index >= 15 is 0 Å². The molecule has 0 bridgehead atoms. The van der Waals surface area contributed by atoms with Gasteiger partial charge >= 0.3 is 6.09 Å². The molecule has 2 aromatic heterocycles. The second kappa shape index (κ2) is 7.43. The summed E-state index contributed by atoms with van der Waals surface area (Å²) in [4.78, 5) is 21.1. The smallest absolute Gasteiger partial charge is 0.404 e. The largest absolute Gasteiger partial charge is 0.465 e. The maximum absolute atomic E-state index is 13.0. The summed E-state index contributed by atoms with van der Waals surface area (Å²) >= 11 is 0. The monoisotopic (exact) mass is 350 g/mol. The lowest BCUT2D eigenvalue weighted by Gasteiger charge is -2.27. The van der Waals surface area contributed by atoms with E-state index in [2.05, 4.69) is 20.4 Å². The van der Waals surface area contributed by atoms with Gasteiger partial charge in [-0.05, 0) is 19.1 Å². The Kier molecular flexibility index (Phi) is 5.08. The van der Waals surface area contributed by atoms with Crippen molar-refractivity contribution in [1.29, 1.82) is 0 Å². The van der Waals surface area contributed by atoms with Crippen LogP contribution in [-0.4, -0.2) is 50.1 Å². The fourth-order valence-corrected chi connectivity index (χ4v) is 2.58. The van der Waals surface area contributed by atoms with Gasteiger partial charge in [-0.2, -0.15) is 5.10 Å². The molecule has 0 radical (unpaired) electrons. The maximum Gasteiger partial charge on any atom is 0.404 e. The zero-order valence-corrected chi connectivity index (χ0v) is 13.7. The van der Waals surface area contributed by atoms with E-state index in [0.717, 1.165) is 5.82 Å². The summed E-state index contributed by atoms with van der Waals surface area (Å²) < 4.78 is 20.3. The molecule has 3 rings (SSSR count). The summed E-state index contributed by atoms with van der Waals surface area (Å²) in [7, 11) is 0. The Morgan fingerprint density at radius 1 is 1.48 bits per heavy atom. The summed E-state index contributed by atoms with van der Waals surface area (Å²) in [5.74, 6) is 1.66. The molecule has 10 heteroatoms. The van der Waals surface area contributed by atoms with Crippen molar-refractivity contribution in [2.45, 2.75) is 32.7 Å². The van der Waals surface area contributed by atoms with Crippen LogP contribution in [-0.2, 0) is 24.4 Å². The number of carbonyl (C=O) groups is 1. The number of pyridine rings is 1. The van der Waals surface area contributed by atoms with Crippen LogP contribution in [0.15, 0.2) is 18.3 Å². The minimum atomic E-state index is -1.08. The average molecular weight is 350 g/mol. The zero-order chi connectivity index (χ0) is 17.8. The molecule has 25 heavy (non-hydrogen) atoms. The standard InChI is InChI=1S/C15H19FN6O3/c1-10(18-15(23)24)8-25-9-12-19-14-7-21(4-5-22(14)20-12)13-3-2-11(16)6-17-13/h2-3,6,10,18H,4-5,7-9H2,1H3,(H,23,24). The Bertz CT molecular complexity index is 735. The number of rotatable bonds is 6. The molecule has 1 atom stereocenters. The van der Waals surface area contributed by atoms with Gasteiger partial charge < -0.3 is 20.1 Å². The highest BCUT2D eigenvalue weighted by Gasteiger charge is 2.21. The minimum absolute atomic E-state index is 0.209. The lowest BCUT2D eigenvalue weighted by atomic mass is 10.3. The predicted octanol–water partition coefficient (Wildman–Crippen LogP) is 1.01. The first-order valence-corrected chi connectivity index (χ1v) is 7.87. The number of halogens is 1. The third-order valence-corrected chi connectivity index (χ3v) is 3.71. The van der Waals surface area contributed by atoms with Gasteiger partial charge in [0.2, 0.25) is 0 Å². The van der Waals surface area contributed by atoms with E-state index < -0.39 is 6.09 Å². The van der Waals surface area contributed by atoms with Gasteiger partial charge in [0, 0.05) is 6.54 Å². The molecule has 134 valence electrons. The van der Waals surface area contributed by atoms with E-state index in [0.29, 0.717) is 31.3 Å². The number of nitrogens with zero attached hydrogens (tertiary/aromatic N) is 5. The molecular formula is C15H19FN6O3. The molecule has 0 aliphatic carbocycles. The highest BCUT2D eigenvalue weighted by molar-refractivity contribution is 5.64. The number of ether oxygens (including phenoxy) is 1. The molecule has 1 amide bonds. The van der Waals surface area contributed by atoms with Gasteiger partial charge in [-0.1, -0.05) is 0 Å². The van der Waals surface area contributed by atoms with E-state index in [-0.39, 0.29) is 25.1 Å². The first kappa shape index (κ1) is 17.1. The second-order valence-corrected chi connectivity index (χ2v) is 5.79. The van der Waals surface area contributed by atoms with E-state index in [1.54, 1.807) is 13.0 Å². The maximum atomic E-state index is 13.0. The van der Waals surface area contributed by atoms with E-state index in [9.17, 15) is 9.18 Å². The fraction of sp³-hybridized carbons (Fsp3) is 0.467. The van der Waals surface area contributed by atoms with Crippen molar-refractivity contribution >= 4 is 11.9 Å². The zero-order valence-electron chi connectivity index (χ0n) is 13.7. The summed E-state index contributed by atoms with van der Waals surface area (Å²) in [5, 5.41) is 15.3. The number of hydrogen-bond donors (Lipinski definition) is 2. The molecule has 2 N–H and O–H groups in total. The van der Waals surface area contributed by atoms with Gasteiger partial charge in [-0.3, -0.25) is 0 Å². The van der Waals surface area contributed by atoms with Crippen molar-refractivity contribution in [3.63, 3.8) is 0 Å². The van der Waals surface area contributed by atoms with Gasteiger partial charge in [0.25, 0.3) is 0 Å². The van der Waals surface area contributed by atoms with Gasteiger partial charge in [-0.25, -0.2) is 23.8 Å². The van der Waals surface area contributed by atoms with Crippen LogP contribution in [0.25, 0.3) is 0 Å². The molecule has 0 spiro atoms. The molecule has 0 fully saturated rings. The van der Waals surface area contributed by atoms with E-state index in [1.165, 1.54) is 12.3 Å². The van der Waals surface area contributed by atoms with Crippen LogP contribution in [0.2, 0.25) is 0 Å². The lowest BCUT2D eigenvalue weighted by molar-refractivity contribution is 0.0960. The summed E-state index contributed by atoms with van der Waals surface area (Å²) in [6.45, 7) is 4.05. The molecular weight excluding hydrogens is 331 g/mol. The molecule has 1 unspecified atom stereocenters. The van der Waals surface area contributed by atoms with Crippen LogP contribution in [0.3, 0.4) is 0 Å². The summed E-state index contributed by atoms with van der Waals surface area (Å²) in [6.07, 6.45) is 0.112. The average Bonchev–Trinajstić information content (AvgIpc) is 2.96. The number of fused-ring (bicyclic) bond motifs is 1. The van der Waals surface area contributed by atoms with Gasteiger partial charge in [0.15, 0.2) is 5.82 Å². The third-order valence-electron chi connectivity index (χ3n) is 3.71. The predicted molar refractivity (Wildman–Crippen MR) is 85.5 cm³/mol. The Morgan fingerprint density at radius 3 is 3.04 bits per heavy atom. The highest BCUT2D eigenvalue weighted by Crippen LogP contribution is 2.18. The molecule has 1 aliphatic heterocycles. The number of hydrogen-bond acceptors (Lipinski definition) is 6. The molecule has 0 saturated carbocycles. The Hall–Kier alpha value is -2.75. The van der Waals surface area contributed by atoms with Crippen LogP contribution in [0.1, 0.15) is 18.6 Å². The molecule has 1 aliphatic rings. The van der Waals surface area contributed by atoms with Crippen LogP contribution in [0, 0.1) is 5.82 Å². The van der Waals surface area contributed by atoms with Crippen molar-refractivity contribution in [3.05, 3.63) is 35.8 Å².